The molecule has 148 valence electrons. The molecule has 2 N–H and O–H groups in total. The Morgan fingerprint density at radius 2 is 1.72 bits per heavy atom. The summed E-state index contributed by atoms with van der Waals surface area (Å²) in [5, 5.41) is 3.08. The molecule has 0 amide bonds. The van der Waals surface area contributed by atoms with Gasteiger partial charge >= 0.3 is 0 Å². The number of H-pyrrole nitrogens is 1. The predicted octanol–water partition coefficient (Wildman–Crippen LogP) is 4.17. The fraction of sp³-hybridized carbons (Fsp3) is 0.261. The fourth-order valence-corrected chi connectivity index (χ4v) is 3.34. The molecule has 0 fully saturated rings. The first kappa shape index (κ1) is 18.9. The van der Waals surface area contributed by atoms with Gasteiger partial charge in [-0.15, -0.1) is 0 Å². The van der Waals surface area contributed by atoms with Crippen LogP contribution < -0.4 is 10.9 Å². The molecule has 4 rings (SSSR count). The molecule has 0 atom stereocenters. The quantitative estimate of drug-likeness (QED) is 0.551. The summed E-state index contributed by atoms with van der Waals surface area (Å²) >= 11 is 0. The normalized spacial score (nSPS) is 11.7. The van der Waals surface area contributed by atoms with Gasteiger partial charge in [0.15, 0.2) is 11.2 Å². The van der Waals surface area contributed by atoms with E-state index in [1.807, 2.05) is 35.9 Å². The van der Waals surface area contributed by atoms with Crippen LogP contribution in [0.25, 0.3) is 22.6 Å². The van der Waals surface area contributed by atoms with Crippen molar-refractivity contribution in [2.45, 2.75) is 32.7 Å². The molecule has 2 aromatic heterocycles. The van der Waals surface area contributed by atoms with Crippen molar-refractivity contribution < 1.29 is 0 Å². The molecule has 0 unspecified atom stereocenters. The Hall–Kier alpha value is -3.41. The van der Waals surface area contributed by atoms with Crippen molar-refractivity contribution in [2.75, 3.05) is 12.4 Å². The summed E-state index contributed by atoms with van der Waals surface area (Å²) in [5.74, 6) is 0.518. The van der Waals surface area contributed by atoms with Crippen LogP contribution in [-0.2, 0) is 12.0 Å². The number of imidazole rings is 1. The molecular weight excluding hydrogens is 362 g/mol. The third kappa shape index (κ3) is 3.78. The number of nitrogens with one attached hydrogen (secondary N) is 2. The molecule has 6 nitrogen and oxygen atoms in total. The summed E-state index contributed by atoms with van der Waals surface area (Å²) in [7, 11) is 1.87. The first-order valence-corrected chi connectivity index (χ1v) is 9.68. The number of benzene rings is 2. The highest BCUT2D eigenvalue weighted by Gasteiger charge is 2.14. The Balaban J connectivity index is 1.66. The topological polar surface area (TPSA) is 75.6 Å². The fourth-order valence-electron chi connectivity index (χ4n) is 3.34. The maximum Gasteiger partial charge on any atom is 0.277 e. The summed E-state index contributed by atoms with van der Waals surface area (Å²) in [6.45, 7) is 7.16. The zero-order valence-corrected chi connectivity index (χ0v) is 17.2. The van der Waals surface area contributed by atoms with E-state index in [4.69, 9.17) is 0 Å². The summed E-state index contributed by atoms with van der Waals surface area (Å²) in [6, 6.07) is 16.2. The Bertz CT molecular complexity index is 1200. The highest BCUT2D eigenvalue weighted by molar-refractivity contribution is 5.73. The van der Waals surface area contributed by atoms with E-state index < -0.39 is 0 Å². The lowest BCUT2D eigenvalue weighted by Gasteiger charge is -2.19. The molecule has 4 aromatic rings. The lowest BCUT2D eigenvalue weighted by atomic mass is 9.87. The minimum absolute atomic E-state index is 0.114. The highest BCUT2D eigenvalue weighted by Crippen LogP contribution is 2.23. The minimum atomic E-state index is -0.188. The van der Waals surface area contributed by atoms with Gasteiger partial charge in [0, 0.05) is 24.8 Å². The van der Waals surface area contributed by atoms with Crippen molar-refractivity contribution in [3.8, 4) is 11.4 Å². The van der Waals surface area contributed by atoms with Gasteiger partial charge in [0.2, 0.25) is 0 Å². The van der Waals surface area contributed by atoms with Gasteiger partial charge in [0.25, 0.3) is 5.56 Å². The number of anilines is 1. The van der Waals surface area contributed by atoms with Crippen molar-refractivity contribution >= 4 is 16.9 Å². The molecule has 0 aliphatic carbocycles. The van der Waals surface area contributed by atoms with Gasteiger partial charge in [-0.3, -0.25) is 4.79 Å². The van der Waals surface area contributed by atoms with E-state index in [1.165, 1.54) is 5.56 Å². The number of rotatable bonds is 4. The van der Waals surface area contributed by atoms with Crippen LogP contribution in [0.4, 0.5) is 5.69 Å². The smallest absolute Gasteiger partial charge is 0.277 e. The Morgan fingerprint density at radius 3 is 2.34 bits per heavy atom. The maximum atomic E-state index is 12.8. The summed E-state index contributed by atoms with van der Waals surface area (Å²) in [5.41, 5.74) is 5.10. The number of hydrogen-bond donors (Lipinski definition) is 2. The number of aromatic amines is 1. The van der Waals surface area contributed by atoms with Crippen molar-refractivity contribution in [3.05, 3.63) is 76.3 Å². The molecule has 29 heavy (non-hydrogen) atoms. The van der Waals surface area contributed by atoms with E-state index in [-0.39, 0.29) is 11.0 Å². The number of fused-ring (bicyclic) bond motifs is 1. The monoisotopic (exact) mass is 387 g/mol. The Kier molecular flexibility index (Phi) is 4.70. The summed E-state index contributed by atoms with van der Waals surface area (Å²) in [4.78, 5) is 24.6. The maximum absolute atomic E-state index is 12.8. The third-order valence-corrected chi connectivity index (χ3v) is 5.10. The van der Waals surface area contributed by atoms with E-state index >= 15 is 0 Å². The first-order valence-electron chi connectivity index (χ1n) is 9.68. The molecule has 0 spiro atoms. The van der Waals surface area contributed by atoms with Gasteiger partial charge in [-0.1, -0.05) is 45.0 Å². The number of nitrogens with zero attached hydrogens (tertiary/aromatic N) is 3. The lowest BCUT2D eigenvalue weighted by Crippen LogP contribution is -2.14. The van der Waals surface area contributed by atoms with Crippen molar-refractivity contribution in [2.24, 2.45) is 0 Å². The minimum Gasteiger partial charge on any atom is -0.388 e. The molecular formula is C23H25N5O. The zero-order valence-electron chi connectivity index (χ0n) is 17.2. The van der Waals surface area contributed by atoms with Gasteiger partial charge in [0.1, 0.15) is 5.82 Å². The summed E-state index contributed by atoms with van der Waals surface area (Å²) in [6.07, 6.45) is 1.68. The molecule has 0 aliphatic rings. The average Bonchev–Trinajstić information content (AvgIpc) is 3.11. The molecule has 6 heteroatoms. The molecule has 2 heterocycles. The van der Waals surface area contributed by atoms with Crippen molar-refractivity contribution in [1.29, 1.82) is 0 Å². The van der Waals surface area contributed by atoms with E-state index in [0.717, 1.165) is 16.8 Å². The second-order valence-electron chi connectivity index (χ2n) is 8.23. The molecule has 0 bridgehead atoms. The number of aromatic nitrogens is 4. The highest BCUT2D eigenvalue weighted by atomic mass is 16.1. The van der Waals surface area contributed by atoms with Crippen LogP contribution in [0.1, 0.15) is 31.9 Å². The molecule has 0 saturated carbocycles. The van der Waals surface area contributed by atoms with Crippen LogP contribution in [0.2, 0.25) is 0 Å². The van der Waals surface area contributed by atoms with Gasteiger partial charge < -0.3 is 14.9 Å². The predicted molar refractivity (Wildman–Crippen MR) is 117 cm³/mol. The molecule has 0 aliphatic heterocycles. The second kappa shape index (κ2) is 7.20. The van der Waals surface area contributed by atoms with E-state index in [9.17, 15) is 4.79 Å². The second-order valence-corrected chi connectivity index (χ2v) is 8.23. The van der Waals surface area contributed by atoms with Crippen LogP contribution >= 0.6 is 0 Å². The van der Waals surface area contributed by atoms with E-state index in [2.05, 4.69) is 65.3 Å². The van der Waals surface area contributed by atoms with Crippen molar-refractivity contribution in [3.63, 3.8) is 0 Å². The van der Waals surface area contributed by atoms with Crippen LogP contribution in [0, 0.1) is 0 Å². The van der Waals surface area contributed by atoms with Crippen LogP contribution in [0.5, 0.6) is 0 Å². The summed E-state index contributed by atoms with van der Waals surface area (Å²) < 4.78 is 1.85. The van der Waals surface area contributed by atoms with E-state index in [1.54, 1.807) is 6.33 Å². The van der Waals surface area contributed by atoms with Crippen LogP contribution in [0.15, 0.2) is 59.7 Å². The lowest BCUT2D eigenvalue weighted by molar-refractivity contribution is 0.590. The van der Waals surface area contributed by atoms with E-state index in [0.29, 0.717) is 23.5 Å². The standard InChI is InChI=1S/C23H25N5O/c1-23(2,3)17-9-5-15(6-10-17)13-28-14-25-21-19(28)22(29)27-20(26-21)16-7-11-18(24-4)12-8-16/h5-12,14,24H,13H2,1-4H3,(H,26,27,29). The van der Waals surface area contributed by atoms with Gasteiger partial charge in [0.05, 0.1) is 6.33 Å². The third-order valence-electron chi connectivity index (χ3n) is 5.10. The van der Waals surface area contributed by atoms with Crippen LogP contribution in [-0.4, -0.2) is 26.6 Å². The van der Waals surface area contributed by atoms with Crippen molar-refractivity contribution in [1.82, 2.24) is 19.5 Å². The molecule has 0 saturated heterocycles. The first-order chi connectivity index (χ1) is 13.8. The number of hydrogen-bond acceptors (Lipinski definition) is 4. The Morgan fingerprint density at radius 1 is 1.03 bits per heavy atom. The average molecular weight is 387 g/mol. The zero-order chi connectivity index (χ0) is 20.6. The van der Waals surface area contributed by atoms with Gasteiger partial charge in [-0.05, 0) is 40.8 Å². The van der Waals surface area contributed by atoms with Gasteiger partial charge in [-0.25, -0.2) is 9.97 Å². The Labute approximate surface area is 169 Å². The van der Waals surface area contributed by atoms with Gasteiger partial charge in [-0.2, -0.15) is 0 Å². The molecule has 0 radical (unpaired) electrons. The SMILES string of the molecule is CNc1ccc(-c2nc3ncn(Cc4ccc(C(C)(C)C)cc4)c3c(=O)[nH]2)cc1. The van der Waals surface area contributed by atoms with Crippen LogP contribution in [0.3, 0.4) is 0 Å². The largest absolute Gasteiger partial charge is 0.388 e. The molecule has 2 aromatic carbocycles.